The van der Waals surface area contributed by atoms with Gasteiger partial charge in [-0.1, -0.05) is 60.7 Å². The Morgan fingerprint density at radius 3 is 1.97 bits per heavy atom. The van der Waals surface area contributed by atoms with Gasteiger partial charge in [0.25, 0.3) is 0 Å². The maximum atomic E-state index is 12.6. The van der Waals surface area contributed by atoms with E-state index >= 15 is 0 Å². The van der Waals surface area contributed by atoms with Crippen LogP contribution in [0.3, 0.4) is 0 Å². The van der Waals surface area contributed by atoms with E-state index in [1.165, 1.54) is 19.2 Å². The van der Waals surface area contributed by atoms with Crippen molar-refractivity contribution in [3.8, 4) is 0 Å². The molecule has 174 valence electrons. The highest BCUT2D eigenvalue weighted by Crippen LogP contribution is 2.35. The summed E-state index contributed by atoms with van der Waals surface area (Å²) in [4.78, 5) is 12.7. The highest BCUT2D eigenvalue weighted by Gasteiger charge is 2.18. The molecule has 0 bridgehead atoms. The normalized spacial score (nSPS) is 12.5. The smallest absolute Gasteiger partial charge is 0.240 e. The van der Waals surface area contributed by atoms with E-state index in [1.807, 2.05) is 36.4 Å². The summed E-state index contributed by atoms with van der Waals surface area (Å²) in [5.74, 6) is 0.101. The van der Waals surface area contributed by atoms with E-state index in [-0.39, 0.29) is 34.5 Å². The molecule has 0 aromatic heterocycles. The lowest BCUT2D eigenvalue weighted by molar-refractivity contribution is -0.113. The number of hydrogen-bond acceptors (Lipinski definition) is 5. The molecule has 0 saturated heterocycles. The summed E-state index contributed by atoms with van der Waals surface area (Å²) in [6.07, 6.45) is 0. The number of nitrogens with one attached hydrogen (secondary N) is 2. The number of carbonyl (C=O) groups is 1. The van der Waals surface area contributed by atoms with Crippen LogP contribution in [-0.4, -0.2) is 39.8 Å². The second-order valence-electron chi connectivity index (χ2n) is 7.56. The Bertz CT molecular complexity index is 1080. The molecule has 6 nitrogen and oxygen atoms in total. The van der Waals surface area contributed by atoms with Crippen molar-refractivity contribution in [1.82, 2.24) is 4.72 Å². The van der Waals surface area contributed by atoms with Crippen LogP contribution < -0.4 is 10.0 Å². The minimum Gasteiger partial charge on any atom is -0.383 e. The Balaban J connectivity index is 1.62. The molecule has 1 amide bonds. The number of hydrogen-bond donors (Lipinski definition) is 2. The molecule has 1 atom stereocenters. The van der Waals surface area contributed by atoms with Gasteiger partial charge in [0.1, 0.15) is 0 Å². The number of sulfonamides is 1. The van der Waals surface area contributed by atoms with E-state index in [0.29, 0.717) is 5.69 Å². The lowest BCUT2D eigenvalue weighted by Gasteiger charge is -2.17. The van der Waals surface area contributed by atoms with Crippen molar-refractivity contribution in [2.75, 3.05) is 24.8 Å². The van der Waals surface area contributed by atoms with Gasteiger partial charge in [-0.25, -0.2) is 13.1 Å². The van der Waals surface area contributed by atoms with Crippen molar-refractivity contribution in [3.05, 3.63) is 96.1 Å². The number of thioether (sulfide) groups is 1. The molecule has 0 radical (unpaired) electrons. The van der Waals surface area contributed by atoms with E-state index in [0.717, 1.165) is 11.1 Å². The molecule has 3 rings (SSSR count). The van der Waals surface area contributed by atoms with Crippen molar-refractivity contribution < 1.29 is 17.9 Å². The van der Waals surface area contributed by atoms with Gasteiger partial charge in [0.05, 0.1) is 22.5 Å². The number of ether oxygens (including phenoxy) is 1. The summed E-state index contributed by atoms with van der Waals surface area (Å²) in [6, 6.07) is 25.9. The Kier molecular flexibility index (Phi) is 9.08. The molecule has 33 heavy (non-hydrogen) atoms. The maximum absolute atomic E-state index is 12.6. The SMILES string of the molecule is COC[C@@H](C)NS(=O)(=O)c1ccc(NC(=O)CSC(c2ccccc2)c2ccccc2)cc1. The zero-order chi connectivity index (χ0) is 23.7. The minimum absolute atomic E-state index is 0.0332. The van der Waals surface area contributed by atoms with Crippen LogP contribution in [-0.2, 0) is 19.6 Å². The number of benzene rings is 3. The summed E-state index contributed by atoms with van der Waals surface area (Å²) >= 11 is 1.54. The van der Waals surface area contributed by atoms with Crippen LogP contribution in [0.5, 0.6) is 0 Å². The largest absolute Gasteiger partial charge is 0.383 e. The van der Waals surface area contributed by atoms with Crippen LogP contribution in [0.2, 0.25) is 0 Å². The Hall–Kier alpha value is -2.65. The lowest BCUT2D eigenvalue weighted by Crippen LogP contribution is -2.35. The fraction of sp³-hybridized carbons (Fsp3) is 0.240. The molecule has 3 aromatic carbocycles. The van der Waals surface area contributed by atoms with Gasteiger partial charge in [-0.3, -0.25) is 4.79 Å². The van der Waals surface area contributed by atoms with Gasteiger partial charge < -0.3 is 10.1 Å². The van der Waals surface area contributed by atoms with Gasteiger partial charge in [-0.15, -0.1) is 11.8 Å². The third-order valence-electron chi connectivity index (χ3n) is 4.81. The average Bonchev–Trinajstić information content (AvgIpc) is 2.81. The number of methoxy groups -OCH3 is 1. The Labute approximate surface area is 199 Å². The van der Waals surface area contributed by atoms with Crippen molar-refractivity contribution in [2.45, 2.75) is 23.1 Å². The van der Waals surface area contributed by atoms with E-state index < -0.39 is 10.0 Å². The molecular weight excluding hydrogens is 456 g/mol. The van der Waals surface area contributed by atoms with Gasteiger partial charge in [0.2, 0.25) is 15.9 Å². The van der Waals surface area contributed by atoms with E-state index in [1.54, 1.807) is 30.8 Å². The summed E-state index contributed by atoms with van der Waals surface area (Å²) in [5, 5.41) is 2.88. The summed E-state index contributed by atoms with van der Waals surface area (Å²) in [7, 11) is -2.14. The summed E-state index contributed by atoms with van der Waals surface area (Å²) in [6.45, 7) is 2.00. The second-order valence-corrected chi connectivity index (χ2v) is 10.4. The monoisotopic (exact) mass is 484 g/mol. The van der Waals surface area contributed by atoms with Crippen molar-refractivity contribution in [1.29, 1.82) is 0 Å². The molecule has 8 heteroatoms. The number of amides is 1. The van der Waals surface area contributed by atoms with E-state index in [9.17, 15) is 13.2 Å². The highest BCUT2D eigenvalue weighted by molar-refractivity contribution is 8.00. The molecule has 3 aromatic rings. The quantitative estimate of drug-likeness (QED) is 0.420. The first-order chi connectivity index (χ1) is 15.9. The molecule has 0 aliphatic heterocycles. The van der Waals surface area contributed by atoms with E-state index in [4.69, 9.17) is 4.74 Å². The first-order valence-electron chi connectivity index (χ1n) is 10.5. The van der Waals surface area contributed by atoms with Crippen LogP contribution in [0.25, 0.3) is 0 Å². The van der Waals surface area contributed by atoms with Crippen molar-refractivity contribution in [3.63, 3.8) is 0 Å². The average molecular weight is 485 g/mol. The van der Waals surface area contributed by atoms with Crippen LogP contribution in [0.4, 0.5) is 5.69 Å². The third kappa shape index (κ3) is 7.43. The predicted octanol–water partition coefficient (Wildman–Crippen LogP) is 4.46. The van der Waals surface area contributed by atoms with Gasteiger partial charge in [-0.05, 0) is 42.3 Å². The number of rotatable bonds is 11. The summed E-state index contributed by atoms with van der Waals surface area (Å²) < 4.78 is 32.4. The first-order valence-corrected chi connectivity index (χ1v) is 13.0. The van der Waals surface area contributed by atoms with Gasteiger partial charge in [0.15, 0.2) is 0 Å². The lowest BCUT2D eigenvalue weighted by atomic mass is 10.0. The standard InChI is InChI=1S/C25H28N2O4S2/c1-19(17-31-2)27-33(29,30)23-15-13-22(14-16-23)26-24(28)18-32-25(20-9-5-3-6-10-20)21-11-7-4-8-12-21/h3-16,19,25,27H,17-18H2,1-2H3,(H,26,28)/t19-/m1/s1. The minimum atomic E-state index is -3.66. The first kappa shape index (κ1) is 25.0. The van der Waals surface area contributed by atoms with Crippen LogP contribution >= 0.6 is 11.8 Å². The molecular formula is C25H28N2O4S2. The van der Waals surface area contributed by atoms with Crippen LogP contribution in [0.1, 0.15) is 23.3 Å². The zero-order valence-electron chi connectivity index (χ0n) is 18.6. The number of anilines is 1. The van der Waals surface area contributed by atoms with Crippen LogP contribution in [0.15, 0.2) is 89.8 Å². The zero-order valence-corrected chi connectivity index (χ0v) is 20.2. The molecule has 0 heterocycles. The fourth-order valence-electron chi connectivity index (χ4n) is 3.33. The molecule has 0 aliphatic rings. The highest BCUT2D eigenvalue weighted by atomic mass is 32.2. The Morgan fingerprint density at radius 2 is 1.45 bits per heavy atom. The van der Waals surface area contributed by atoms with Gasteiger partial charge >= 0.3 is 0 Å². The maximum Gasteiger partial charge on any atom is 0.240 e. The summed E-state index contributed by atoms with van der Waals surface area (Å²) in [5.41, 5.74) is 2.80. The molecule has 0 spiro atoms. The molecule has 0 unspecified atom stereocenters. The molecule has 0 fully saturated rings. The molecule has 0 aliphatic carbocycles. The van der Waals surface area contributed by atoms with Crippen LogP contribution in [0, 0.1) is 0 Å². The number of carbonyl (C=O) groups excluding carboxylic acids is 1. The van der Waals surface area contributed by atoms with Gasteiger partial charge in [-0.2, -0.15) is 0 Å². The molecule has 0 saturated carbocycles. The Morgan fingerprint density at radius 1 is 0.909 bits per heavy atom. The van der Waals surface area contributed by atoms with Crippen molar-refractivity contribution >= 4 is 33.4 Å². The molecule has 2 N–H and O–H groups in total. The third-order valence-corrected chi connectivity index (χ3v) is 7.72. The second kappa shape index (κ2) is 12.0. The van der Waals surface area contributed by atoms with Gasteiger partial charge in [0, 0.05) is 18.8 Å². The topological polar surface area (TPSA) is 84.5 Å². The fourth-order valence-corrected chi connectivity index (χ4v) is 5.65. The van der Waals surface area contributed by atoms with E-state index in [2.05, 4.69) is 34.3 Å². The predicted molar refractivity (Wildman–Crippen MR) is 134 cm³/mol. The van der Waals surface area contributed by atoms with Crippen molar-refractivity contribution in [2.24, 2.45) is 0 Å².